The maximum absolute atomic E-state index is 5.89. The van der Waals surface area contributed by atoms with E-state index in [1.807, 2.05) is 20.8 Å². The molecule has 0 aromatic carbocycles. The quantitative estimate of drug-likeness (QED) is 0.798. The van der Waals surface area contributed by atoms with Crippen molar-refractivity contribution in [1.29, 1.82) is 0 Å². The first-order valence-corrected chi connectivity index (χ1v) is 5.15. The van der Waals surface area contributed by atoms with Crippen molar-refractivity contribution in [2.45, 2.75) is 39.3 Å². The van der Waals surface area contributed by atoms with Gasteiger partial charge < -0.3 is 15.0 Å². The van der Waals surface area contributed by atoms with Crippen LogP contribution in [0.2, 0.25) is 0 Å². The highest BCUT2D eigenvalue weighted by molar-refractivity contribution is 4.93. The molecular formula is C10H19N3O2. The zero-order chi connectivity index (χ0) is 11.4. The van der Waals surface area contributed by atoms with E-state index in [4.69, 9.17) is 15.0 Å². The molecule has 1 aromatic heterocycles. The third-order valence-corrected chi connectivity index (χ3v) is 2.36. The van der Waals surface area contributed by atoms with E-state index in [1.54, 1.807) is 7.11 Å². The molecule has 0 aliphatic heterocycles. The Hall–Kier alpha value is -0.940. The predicted molar refractivity (Wildman–Crippen MR) is 56.2 cm³/mol. The molecule has 0 saturated heterocycles. The van der Waals surface area contributed by atoms with Gasteiger partial charge >= 0.3 is 0 Å². The van der Waals surface area contributed by atoms with E-state index in [-0.39, 0.29) is 18.1 Å². The van der Waals surface area contributed by atoms with Crippen LogP contribution < -0.4 is 5.73 Å². The summed E-state index contributed by atoms with van der Waals surface area (Å²) in [6.45, 7) is 6.00. The number of aromatic nitrogens is 2. The standard InChI is InChI=1S/C10H19N3O2/c1-6(2)9(11)10-12-8(13-15-10)5-7(3)14-4/h6-7,9H,5,11H2,1-4H3/t7?,9-/m1/s1. The van der Waals surface area contributed by atoms with E-state index in [1.165, 1.54) is 0 Å². The largest absolute Gasteiger partial charge is 0.381 e. The molecule has 5 heteroatoms. The molecule has 1 unspecified atom stereocenters. The normalized spacial score (nSPS) is 15.6. The van der Waals surface area contributed by atoms with Crippen LogP contribution in [-0.4, -0.2) is 23.4 Å². The molecule has 2 atom stereocenters. The maximum Gasteiger partial charge on any atom is 0.243 e. The molecule has 1 aromatic rings. The van der Waals surface area contributed by atoms with Gasteiger partial charge in [-0.25, -0.2) is 0 Å². The Morgan fingerprint density at radius 1 is 1.40 bits per heavy atom. The van der Waals surface area contributed by atoms with Gasteiger partial charge in [0.05, 0.1) is 12.1 Å². The molecule has 15 heavy (non-hydrogen) atoms. The Labute approximate surface area is 90.0 Å². The molecule has 1 heterocycles. The zero-order valence-electron chi connectivity index (χ0n) is 9.73. The number of nitrogens with two attached hydrogens (primary N) is 1. The van der Waals surface area contributed by atoms with Crippen LogP contribution in [-0.2, 0) is 11.2 Å². The summed E-state index contributed by atoms with van der Waals surface area (Å²) in [5.74, 6) is 1.44. The van der Waals surface area contributed by atoms with Crippen molar-refractivity contribution in [3.63, 3.8) is 0 Å². The third kappa shape index (κ3) is 3.28. The first-order valence-electron chi connectivity index (χ1n) is 5.15. The lowest BCUT2D eigenvalue weighted by molar-refractivity contribution is 0.116. The van der Waals surface area contributed by atoms with Gasteiger partial charge in [-0.2, -0.15) is 4.98 Å². The lowest BCUT2D eigenvalue weighted by Gasteiger charge is -2.09. The number of rotatable bonds is 5. The Balaban J connectivity index is 2.63. The molecule has 86 valence electrons. The summed E-state index contributed by atoms with van der Waals surface area (Å²) < 4.78 is 10.2. The van der Waals surface area contributed by atoms with E-state index in [2.05, 4.69) is 10.1 Å². The number of hydrogen-bond acceptors (Lipinski definition) is 5. The molecule has 5 nitrogen and oxygen atoms in total. The number of methoxy groups -OCH3 is 1. The third-order valence-electron chi connectivity index (χ3n) is 2.36. The van der Waals surface area contributed by atoms with Gasteiger partial charge in [-0.05, 0) is 12.8 Å². The fraction of sp³-hybridized carbons (Fsp3) is 0.800. The Kier molecular flexibility index (Phi) is 4.23. The van der Waals surface area contributed by atoms with E-state index >= 15 is 0 Å². The lowest BCUT2D eigenvalue weighted by Crippen LogP contribution is -2.17. The molecule has 0 radical (unpaired) electrons. The molecule has 0 fully saturated rings. The van der Waals surface area contributed by atoms with Crippen molar-refractivity contribution < 1.29 is 9.26 Å². The summed E-state index contributed by atoms with van der Waals surface area (Å²) in [5.41, 5.74) is 5.89. The van der Waals surface area contributed by atoms with Crippen molar-refractivity contribution >= 4 is 0 Å². The van der Waals surface area contributed by atoms with Gasteiger partial charge in [-0.3, -0.25) is 0 Å². The lowest BCUT2D eigenvalue weighted by atomic mass is 10.1. The van der Waals surface area contributed by atoms with Crippen LogP contribution in [0.15, 0.2) is 4.52 Å². The highest BCUT2D eigenvalue weighted by Gasteiger charge is 2.18. The summed E-state index contributed by atoms with van der Waals surface area (Å²) in [6, 6.07) is -0.191. The summed E-state index contributed by atoms with van der Waals surface area (Å²) in [4.78, 5) is 4.24. The average molecular weight is 213 g/mol. The fourth-order valence-corrected chi connectivity index (χ4v) is 1.11. The SMILES string of the molecule is COC(C)Cc1noc([C@H](N)C(C)C)n1. The van der Waals surface area contributed by atoms with E-state index < -0.39 is 0 Å². The van der Waals surface area contributed by atoms with Crippen molar-refractivity contribution in [2.75, 3.05) is 7.11 Å². The van der Waals surface area contributed by atoms with Crippen LogP contribution in [0.1, 0.15) is 38.5 Å². The highest BCUT2D eigenvalue weighted by atomic mass is 16.5. The summed E-state index contributed by atoms with van der Waals surface area (Å²) >= 11 is 0. The molecule has 0 aliphatic rings. The second-order valence-corrected chi connectivity index (χ2v) is 4.07. The number of hydrogen-bond donors (Lipinski definition) is 1. The maximum atomic E-state index is 5.89. The average Bonchev–Trinajstić information content (AvgIpc) is 2.64. The van der Waals surface area contributed by atoms with Gasteiger partial charge in [0, 0.05) is 13.5 Å². The minimum absolute atomic E-state index is 0.0886. The van der Waals surface area contributed by atoms with E-state index in [0.29, 0.717) is 18.1 Å². The molecular weight excluding hydrogens is 194 g/mol. The fourth-order valence-electron chi connectivity index (χ4n) is 1.11. The Bertz CT molecular complexity index is 299. The molecule has 2 N–H and O–H groups in total. The van der Waals surface area contributed by atoms with Crippen LogP contribution in [0.5, 0.6) is 0 Å². The van der Waals surface area contributed by atoms with Crippen LogP contribution in [0.3, 0.4) is 0 Å². The monoisotopic (exact) mass is 213 g/mol. The van der Waals surface area contributed by atoms with Crippen molar-refractivity contribution in [3.05, 3.63) is 11.7 Å². The van der Waals surface area contributed by atoms with Gasteiger partial charge in [0.25, 0.3) is 0 Å². The molecule has 0 spiro atoms. The van der Waals surface area contributed by atoms with Crippen molar-refractivity contribution in [3.8, 4) is 0 Å². The first-order chi connectivity index (χ1) is 7.04. The smallest absolute Gasteiger partial charge is 0.243 e. The van der Waals surface area contributed by atoms with Crippen molar-refractivity contribution in [1.82, 2.24) is 10.1 Å². The van der Waals surface area contributed by atoms with Gasteiger partial charge in [0.2, 0.25) is 5.89 Å². The first kappa shape index (κ1) is 12.1. The minimum atomic E-state index is -0.191. The van der Waals surface area contributed by atoms with Crippen LogP contribution in [0.4, 0.5) is 0 Å². The van der Waals surface area contributed by atoms with E-state index in [0.717, 1.165) is 0 Å². The Morgan fingerprint density at radius 2 is 2.07 bits per heavy atom. The van der Waals surface area contributed by atoms with Gasteiger partial charge in [0.15, 0.2) is 5.82 Å². The Morgan fingerprint density at radius 3 is 2.60 bits per heavy atom. The second-order valence-electron chi connectivity index (χ2n) is 4.07. The van der Waals surface area contributed by atoms with Gasteiger partial charge in [0.1, 0.15) is 0 Å². The predicted octanol–water partition coefficient (Wildman–Crippen LogP) is 1.30. The second kappa shape index (κ2) is 5.23. The molecule has 1 rings (SSSR count). The van der Waals surface area contributed by atoms with Gasteiger partial charge in [-0.1, -0.05) is 19.0 Å². The molecule has 0 saturated carbocycles. The minimum Gasteiger partial charge on any atom is -0.381 e. The number of ether oxygens (including phenoxy) is 1. The van der Waals surface area contributed by atoms with Crippen molar-refractivity contribution in [2.24, 2.45) is 11.7 Å². The highest BCUT2D eigenvalue weighted by Crippen LogP contribution is 2.16. The topological polar surface area (TPSA) is 74.2 Å². The summed E-state index contributed by atoms with van der Waals surface area (Å²) in [5, 5.41) is 3.86. The van der Waals surface area contributed by atoms with Crippen LogP contribution in [0, 0.1) is 5.92 Å². The number of nitrogens with zero attached hydrogens (tertiary/aromatic N) is 2. The van der Waals surface area contributed by atoms with E-state index in [9.17, 15) is 0 Å². The zero-order valence-corrected chi connectivity index (χ0v) is 9.73. The van der Waals surface area contributed by atoms with Crippen LogP contribution >= 0.6 is 0 Å². The summed E-state index contributed by atoms with van der Waals surface area (Å²) in [7, 11) is 1.66. The van der Waals surface area contributed by atoms with Gasteiger partial charge in [-0.15, -0.1) is 0 Å². The molecule has 0 amide bonds. The van der Waals surface area contributed by atoms with Crippen LogP contribution in [0.25, 0.3) is 0 Å². The molecule has 0 bridgehead atoms. The molecule has 0 aliphatic carbocycles. The summed E-state index contributed by atoms with van der Waals surface area (Å²) in [6.07, 6.45) is 0.732.